The normalized spacial score (nSPS) is 12.8. The van der Waals surface area contributed by atoms with Crippen molar-refractivity contribution in [2.45, 2.75) is 77.8 Å². The molecular weight excluding hydrogens is 545 g/mol. The van der Waals surface area contributed by atoms with Crippen LogP contribution in [0, 0.1) is 20.2 Å². The smallest absolute Gasteiger partial charge is 0.434 e. The van der Waals surface area contributed by atoms with Crippen molar-refractivity contribution in [3.05, 3.63) is 56.9 Å². The van der Waals surface area contributed by atoms with Gasteiger partial charge in [-0.25, -0.2) is 0 Å². The summed E-state index contributed by atoms with van der Waals surface area (Å²) in [7, 11) is -9.14. The van der Waals surface area contributed by atoms with Gasteiger partial charge in [0.15, 0.2) is 24.7 Å². The number of hydrogen-bond donors (Lipinski definition) is 0. The molecule has 0 radical (unpaired) electrons. The Hall–Kier alpha value is -2.47. The Morgan fingerprint density at radius 1 is 0.676 bits per heavy atom. The highest BCUT2D eigenvalue weighted by atomic mass is 28.4. The van der Waals surface area contributed by atoms with Gasteiger partial charge in [0.1, 0.15) is 0 Å². The van der Waals surface area contributed by atoms with E-state index in [0.29, 0.717) is 12.3 Å². The maximum absolute atomic E-state index is 11.7. The van der Waals surface area contributed by atoms with Crippen molar-refractivity contribution in [1.29, 1.82) is 0 Å². The lowest BCUT2D eigenvalue weighted by Crippen LogP contribution is -2.59. The van der Waals surface area contributed by atoms with Gasteiger partial charge in [0.05, 0.1) is 9.85 Å². The molecule has 204 valence electrons. The molecule has 0 unspecified atom stereocenters. The largest absolute Gasteiger partial charge is 0.495 e. The first-order valence-corrected chi connectivity index (χ1v) is 25.2. The number of hydrogen-bond acceptors (Lipinski definition) is 7. The summed E-state index contributed by atoms with van der Waals surface area (Å²) < 4.78 is 22.7. The molecule has 0 amide bonds. The Kier molecular flexibility index (Phi) is 9.23. The second-order valence-electron chi connectivity index (χ2n) is 12.2. The zero-order valence-electron chi connectivity index (χ0n) is 23.5. The van der Waals surface area contributed by atoms with Crippen LogP contribution in [0.25, 0.3) is 0 Å². The van der Waals surface area contributed by atoms with Gasteiger partial charge in [0.25, 0.3) is 0 Å². The highest BCUT2D eigenvalue weighted by Gasteiger charge is 2.43. The van der Waals surface area contributed by atoms with Gasteiger partial charge in [-0.3, -0.25) is 20.2 Å². The van der Waals surface area contributed by atoms with E-state index >= 15 is 0 Å². The minimum atomic E-state index is -2.44. The van der Waals surface area contributed by atoms with E-state index in [-0.39, 0.29) is 23.1 Å². The van der Waals surface area contributed by atoms with E-state index in [0.717, 1.165) is 0 Å². The lowest BCUT2D eigenvalue weighted by Gasteiger charge is -2.30. The molecule has 2 aromatic heterocycles. The number of aromatic nitrogens is 2. The summed E-state index contributed by atoms with van der Waals surface area (Å²) in [6.45, 7) is 20.2. The minimum absolute atomic E-state index is 0.0634. The second-order valence-corrected chi connectivity index (χ2v) is 29.6. The van der Waals surface area contributed by atoms with Crippen LogP contribution in [0.5, 0.6) is 11.8 Å². The molecule has 0 bridgehead atoms. The van der Waals surface area contributed by atoms with Crippen molar-refractivity contribution in [1.82, 2.24) is 0 Å². The first-order valence-electron chi connectivity index (χ1n) is 12.1. The van der Waals surface area contributed by atoms with Crippen molar-refractivity contribution in [2.75, 3.05) is 0 Å². The minimum Gasteiger partial charge on any atom is -0.495 e. The molecule has 0 fully saturated rings. The molecule has 0 N–H and O–H groups in total. The zero-order chi connectivity index (χ0) is 28.4. The summed E-state index contributed by atoms with van der Waals surface area (Å²) in [5, 5.41) is 23.4. The number of pyridine rings is 2. The third-order valence-electron chi connectivity index (χ3n) is 4.85. The number of rotatable bonds is 12. The zero-order valence-corrected chi connectivity index (χ0v) is 27.5. The van der Waals surface area contributed by atoms with E-state index in [1.807, 2.05) is 39.3 Å². The summed E-state index contributed by atoms with van der Waals surface area (Å²) in [5.41, 5.74) is -0.127. The van der Waals surface area contributed by atoms with Crippen LogP contribution < -0.4 is 18.0 Å². The van der Waals surface area contributed by atoms with Gasteiger partial charge in [0.2, 0.25) is 33.3 Å². The summed E-state index contributed by atoms with van der Waals surface area (Å²) >= 11 is 0. The Morgan fingerprint density at radius 2 is 1.00 bits per heavy atom. The van der Waals surface area contributed by atoms with E-state index in [9.17, 15) is 20.2 Å². The van der Waals surface area contributed by atoms with Crippen molar-refractivity contribution in [3.8, 4) is 11.8 Å². The predicted octanol–water partition coefficient (Wildman–Crippen LogP) is 4.71. The molecular formula is C22H40N4O7Si4+2. The van der Waals surface area contributed by atoms with Crippen LogP contribution in [0.3, 0.4) is 0 Å². The summed E-state index contributed by atoms with van der Waals surface area (Å²) in [4.78, 5) is 22.6. The molecule has 0 aliphatic rings. The quantitative estimate of drug-likeness (QED) is 0.153. The third-order valence-corrected chi connectivity index (χ3v) is 13.1. The average Bonchev–Trinajstić information content (AvgIpc) is 2.66. The fourth-order valence-corrected chi connectivity index (χ4v) is 14.3. The lowest BCUT2D eigenvalue weighted by molar-refractivity contribution is -0.689. The van der Waals surface area contributed by atoms with Gasteiger partial charge < -0.3 is 13.0 Å². The van der Waals surface area contributed by atoms with Crippen LogP contribution in [0.2, 0.25) is 65.5 Å². The van der Waals surface area contributed by atoms with Gasteiger partial charge in [-0.2, -0.15) is 9.13 Å². The van der Waals surface area contributed by atoms with Gasteiger partial charge in [-0.15, -0.1) is 0 Å². The molecule has 0 aliphatic heterocycles. The van der Waals surface area contributed by atoms with Gasteiger partial charge in [0, 0.05) is 24.3 Å². The standard InChI is InChI=1S/C22H40N4O7Si4/c1-34(2,3)31-21-19(25(27)28)13-11-15-23(21)17-36(7,8)33-37(9,10)18-24-16-12-14-20(26(29)30)22(24)32-35(4,5)6/h11-16H,17-18H2,1-10H3/q+2. The maximum Gasteiger partial charge on any atom is 0.434 e. The van der Waals surface area contributed by atoms with Crippen LogP contribution in [-0.4, -0.2) is 43.1 Å². The SMILES string of the molecule is C[Si](C)(C)Oc1c([N+](=O)[O-])ccc[n+]1C[Si](C)(C)O[Si](C)(C)C[n+]1cccc([N+](=O)[O-])c1O[Si](C)(C)C. The van der Waals surface area contributed by atoms with Gasteiger partial charge in [-0.1, -0.05) is 0 Å². The van der Waals surface area contributed by atoms with Crippen LogP contribution in [0.4, 0.5) is 11.4 Å². The average molecular weight is 585 g/mol. The molecule has 15 heteroatoms. The van der Waals surface area contributed by atoms with Crippen molar-refractivity contribution in [3.63, 3.8) is 0 Å². The third kappa shape index (κ3) is 9.40. The molecule has 2 aromatic rings. The summed E-state index contributed by atoms with van der Waals surface area (Å²) in [6, 6.07) is 6.22. The molecule has 2 rings (SSSR count). The summed E-state index contributed by atoms with van der Waals surface area (Å²) in [5.74, 6) is 0.517. The van der Waals surface area contributed by atoms with Crippen molar-refractivity contribution in [2.24, 2.45) is 0 Å². The van der Waals surface area contributed by atoms with Crippen LogP contribution in [0.1, 0.15) is 0 Å². The molecule has 0 saturated heterocycles. The van der Waals surface area contributed by atoms with Crippen LogP contribution >= 0.6 is 0 Å². The van der Waals surface area contributed by atoms with Gasteiger partial charge in [-0.05, 0) is 65.5 Å². The van der Waals surface area contributed by atoms with Crippen LogP contribution in [-0.2, 0) is 16.5 Å². The van der Waals surface area contributed by atoms with E-state index in [1.54, 1.807) is 33.7 Å². The first-order chi connectivity index (χ1) is 16.7. The van der Waals surface area contributed by atoms with Crippen molar-refractivity contribution < 1.29 is 31.9 Å². The van der Waals surface area contributed by atoms with Crippen LogP contribution in [0.15, 0.2) is 36.7 Å². The van der Waals surface area contributed by atoms with Gasteiger partial charge >= 0.3 is 23.1 Å². The molecule has 0 spiro atoms. The monoisotopic (exact) mass is 584 g/mol. The molecule has 11 nitrogen and oxygen atoms in total. The Morgan fingerprint density at radius 3 is 1.27 bits per heavy atom. The van der Waals surface area contributed by atoms with E-state index in [2.05, 4.69) is 26.2 Å². The van der Waals surface area contributed by atoms with E-state index < -0.39 is 43.1 Å². The number of nitro groups is 2. The Labute approximate surface area is 222 Å². The molecule has 0 aromatic carbocycles. The van der Waals surface area contributed by atoms with Crippen molar-refractivity contribution >= 4 is 44.6 Å². The Bertz CT molecular complexity index is 1080. The second kappa shape index (κ2) is 11.1. The van der Waals surface area contributed by atoms with E-state index in [1.165, 1.54) is 12.1 Å². The maximum atomic E-state index is 11.7. The summed E-state index contributed by atoms with van der Waals surface area (Å²) in [6.07, 6.45) is 4.51. The highest BCUT2D eigenvalue weighted by Crippen LogP contribution is 2.27. The van der Waals surface area contributed by atoms with E-state index in [4.69, 9.17) is 13.0 Å². The predicted molar refractivity (Wildman–Crippen MR) is 151 cm³/mol. The fraction of sp³-hybridized carbons (Fsp3) is 0.545. The first kappa shape index (κ1) is 30.7. The molecule has 37 heavy (non-hydrogen) atoms. The molecule has 0 aliphatic carbocycles. The topological polar surface area (TPSA) is 122 Å². The lowest BCUT2D eigenvalue weighted by atomic mass is 10.4. The fourth-order valence-electron chi connectivity index (χ4n) is 4.01. The highest BCUT2D eigenvalue weighted by molar-refractivity contribution is 6.83. The Balaban J connectivity index is 2.38. The molecule has 2 heterocycles. The number of nitrogens with zero attached hydrogens (tertiary/aromatic N) is 4. The molecule has 0 saturated carbocycles. The molecule has 0 atom stereocenters.